The van der Waals surface area contributed by atoms with E-state index in [2.05, 4.69) is 25.5 Å². The summed E-state index contributed by atoms with van der Waals surface area (Å²) < 4.78 is 19.1. The maximum atomic E-state index is 13.5. The molecular formula is C22H23ClFN5O4. The molecule has 9 nitrogen and oxygen atoms in total. The number of hydrogen-bond acceptors (Lipinski definition) is 8. The molecule has 1 aromatic heterocycles. The summed E-state index contributed by atoms with van der Waals surface area (Å²) in [6.07, 6.45) is 4.51. The molecule has 0 bridgehead atoms. The highest BCUT2D eigenvalue weighted by molar-refractivity contribution is 6.31. The fourth-order valence-electron chi connectivity index (χ4n) is 2.85. The van der Waals surface area contributed by atoms with E-state index < -0.39 is 5.82 Å². The van der Waals surface area contributed by atoms with E-state index in [1.807, 2.05) is 19.0 Å². The molecule has 0 fully saturated rings. The zero-order valence-electron chi connectivity index (χ0n) is 18.0. The first kappa shape index (κ1) is 24.3. The summed E-state index contributed by atoms with van der Waals surface area (Å²) >= 11 is 5.87. The van der Waals surface area contributed by atoms with Gasteiger partial charge in [0, 0.05) is 29.8 Å². The Morgan fingerprint density at radius 1 is 1.24 bits per heavy atom. The van der Waals surface area contributed by atoms with Gasteiger partial charge in [-0.1, -0.05) is 17.7 Å². The number of hydrogen-bond donors (Lipinski definition) is 3. The molecule has 0 aliphatic heterocycles. The molecule has 3 aromatic rings. The highest BCUT2D eigenvalue weighted by Gasteiger charge is 2.13. The third-order valence-corrected chi connectivity index (χ3v) is 4.64. The van der Waals surface area contributed by atoms with Crippen molar-refractivity contribution in [3.05, 3.63) is 59.7 Å². The molecule has 0 radical (unpaired) electrons. The van der Waals surface area contributed by atoms with Crippen molar-refractivity contribution in [3.8, 4) is 5.75 Å². The number of rotatable bonds is 10. The number of amides is 1. The highest BCUT2D eigenvalue weighted by atomic mass is 35.5. The van der Waals surface area contributed by atoms with E-state index in [9.17, 15) is 9.18 Å². The lowest BCUT2D eigenvalue weighted by molar-refractivity contribution is -0.245. The van der Waals surface area contributed by atoms with Crippen molar-refractivity contribution < 1.29 is 24.1 Å². The predicted molar refractivity (Wildman–Crippen MR) is 125 cm³/mol. The summed E-state index contributed by atoms with van der Waals surface area (Å²) in [6.45, 7) is 0.589. The van der Waals surface area contributed by atoms with E-state index in [-0.39, 0.29) is 24.1 Å². The standard InChI is InChI=1S/C22H23ClFN5O4/c1-29(2)7-3-4-21(30)28-19-11-15-18(12-20(19)32-8-9-33-31)25-13-26-22(15)27-14-5-6-17(24)16(23)10-14/h3-6,10-13,31H,7-9H2,1-2H3,(H,28,30)(H,25,26,27)/b4-3+. The van der Waals surface area contributed by atoms with Gasteiger partial charge in [0.25, 0.3) is 0 Å². The van der Waals surface area contributed by atoms with Gasteiger partial charge in [0.15, 0.2) is 0 Å². The minimum absolute atomic E-state index is 0.0300. The normalized spacial score (nSPS) is 11.3. The first-order chi connectivity index (χ1) is 15.9. The third-order valence-electron chi connectivity index (χ3n) is 4.35. The van der Waals surface area contributed by atoms with Crippen LogP contribution in [0, 0.1) is 5.82 Å². The molecule has 0 aliphatic rings. The lowest BCUT2D eigenvalue weighted by atomic mass is 10.1. The van der Waals surface area contributed by atoms with Crippen LogP contribution in [0.5, 0.6) is 5.75 Å². The Morgan fingerprint density at radius 2 is 2.06 bits per heavy atom. The molecule has 1 heterocycles. The van der Waals surface area contributed by atoms with Gasteiger partial charge in [-0.25, -0.2) is 19.2 Å². The largest absolute Gasteiger partial charge is 0.489 e. The monoisotopic (exact) mass is 475 g/mol. The quantitative estimate of drug-likeness (QED) is 0.174. The van der Waals surface area contributed by atoms with Crippen molar-refractivity contribution in [2.24, 2.45) is 0 Å². The molecule has 33 heavy (non-hydrogen) atoms. The molecule has 0 atom stereocenters. The van der Waals surface area contributed by atoms with Crippen LogP contribution in [0.1, 0.15) is 0 Å². The Kier molecular flexibility index (Phi) is 8.50. The topological polar surface area (TPSA) is 109 Å². The van der Waals surface area contributed by atoms with Crippen LogP contribution in [0.15, 0.2) is 48.8 Å². The number of halogens is 2. The number of nitrogens with zero attached hydrogens (tertiary/aromatic N) is 3. The molecule has 2 aromatic carbocycles. The first-order valence-corrected chi connectivity index (χ1v) is 10.3. The number of benzene rings is 2. The third kappa shape index (κ3) is 6.83. The summed E-state index contributed by atoms with van der Waals surface area (Å²) in [5.41, 5.74) is 1.43. The smallest absolute Gasteiger partial charge is 0.248 e. The van der Waals surface area contributed by atoms with Crippen LogP contribution in [0.4, 0.5) is 21.6 Å². The molecule has 3 rings (SSSR count). The van der Waals surface area contributed by atoms with E-state index in [0.29, 0.717) is 40.4 Å². The van der Waals surface area contributed by atoms with Gasteiger partial charge in [-0.05, 0) is 38.4 Å². The minimum Gasteiger partial charge on any atom is -0.489 e. The average Bonchev–Trinajstić information content (AvgIpc) is 2.77. The predicted octanol–water partition coefficient (Wildman–Crippen LogP) is 4.09. The van der Waals surface area contributed by atoms with Crippen molar-refractivity contribution in [3.63, 3.8) is 0 Å². The second-order valence-corrected chi connectivity index (χ2v) is 7.58. The molecule has 0 saturated carbocycles. The molecule has 3 N–H and O–H groups in total. The van der Waals surface area contributed by atoms with Crippen LogP contribution in [-0.2, 0) is 9.68 Å². The van der Waals surface area contributed by atoms with Gasteiger partial charge < -0.3 is 20.3 Å². The van der Waals surface area contributed by atoms with Crippen LogP contribution in [0.3, 0.4) is 0 Å². The van der Waals surface area contributed by atoms with Gasteiger partial charge in [0.2, 0.25) is 5.91 Å². The number of aromatic nitrogens is 2. The van der Waals surface area contributed by atoms with Crippen LogP contribution >= 0.6 is 11.6 Å². The van der Waals surface area contributed by atoms with E-state index in [1.165, 1.54) is 30.6 Å². The van der Waals surface area contributed by atoms with Gasteiger partial charge in [0.1, 0.15) is 36.9 Å². The molecule has 0 saturated heterocycles. The Balaban J connectivity index is 1.95. The highest BCUT2D eigenvalue weighted by Crippen LogP contribution is 2.34. The summed E-state index contributed by atoms with van der Waals surface area (Å²) in [4.78, 5) is 26.9. The number of anilines is 3. The fraction of sp³-hybridized carbons (Fsp3) is 0.227. The maximum Gasteiger partial charge on any atom is 0.248 e. The number of carbonyl (C=O) groups is 1. The summed E-state index contributed by atoms with van der Waals surface area (Å²) in [7, 11) is 3.78. The van der Waals surface area contributed by atoms with Crippen molar-refractivity contribution in [2.75, 3.05) is 44.5 Å². The van der Waals surface area contributed by atoms with E-state index in [1.54, 1.807) is 18.2 Å². The van der Waals surface area contributed by atoms with Crippen LogP contribution in [0.25, 0.3) is 10.9 Å². The number of likely N-dealkylation sites (N-methyl/N-ethyl adjacent to an activating group) is 1. The lowest BCUT2D eigenvalue weighted by Crippen LogP contribution is -2.14. The zero-order chi connectivity index (χ0) is 23.8. The molecular weight excluding hydrogens is 453 g/mol. The van der Waals surface area contributed by atoms with Crippen molar-refractivity contribution in [1.82, 2.24) is 14.9 Å². The van der Waals surface area contributed by atoms with Gasteiger partial charge in [-0.3, -0.25) is 10.1 Å². The number of fused-ring (bicyclic) bond motifs is 1. The second-order valence-electron chi connectivity index (χ2n) is 7.18. The van der Waals surface area contributed by atoms with Crippen molar-refractivity contribution in [1.29, 1.82) is 0 Å². The minimum atomic E-state index is -0.532. The Bertz CT molecular complexity index is 1160. The number of carbonyl (C=O) groups excluding carboxylic acids is 1. The van der Waals surface area contributed by atoms with Gasteiger partial charge in [0.05, 0.1) is 16.2 Å². The SMILES string of the molecule is CN(C)C/C=C/C(=O)Nc1cc2c(Nc3ccc(F)c(Cl)c3)ncnc2cc1OCCOO. The average molecular weight is 476 g/mol. The molecule has 0 aliphatic carbocycles. The second kappa shape index (κ2) is 11.5. The van der Waals surface area contributed by atoms with E-state index in [4.69, 9.17) is 21.6 Å². The Labute approximate surface area is 194 Å². The van der Waals surface area contributed by atoms with Crippen molar-refractivity contribution >= 4 is 45.6 Å². The fourth-order valence-corrected chi connectivity index (χ4v) is 3.03. The first-order valence-electron chi connectivity index (χ1n) is 9.89. The van der Waals surface area contributed by atoms with Crippen molar-refractivity contribution in [2.45, 2.75) is 0 Å². The summed E-state index contributed by atoms with van der Waals surface area (Å²) in [6, 6.07) is 7.51. The van der Waals surface area contributed by atoms with E-state index in [0.717, 1.165) is 0 Å². The van der Waals surface area contributed by atoms with Crippen LogP contribution in [-0.4, -0.2) is 59.9 Å². The molecule has 174 valence electrons. The summed E-state index contributed by atoms with van der Waals surface area (Å²) in [5, 5.41) is 15.0. The van der Waals surface area contributed by atoms with Crippen LogP contribution in [0.2, 0.25) is 5.02 Å². The molecule has 0 unspecified atom stereocenters. The number of ether oxygens (including phenoxy) is 1. The van der Waals surface area contributed by atoms with Gasteiger partial charge in [-0.2, -0.15) is 0 Å². The summed E-state index contributed by atoms with van der Waals surface area (Å²) in [5.74, 6) is -0.123. The van der Waals surface area contributed by atoms with Gasteiger partial charge in [-0.15, -0.1) is 0 Å². The molecule has 11 heteroatoms. The lowest BCUT2D eigenvalue weighted by Gasteiger charge is -2.15. The van der Waals surface area contributed by atoms with E-state index >= 15 is 0 Å². The molecule has 1 amide bonds. The van der Waals surface area contributed by atoms with Crippen LogP contribution < -0.4 is 15.4 Å². The Hall–Kier alpha value is -3.31. The Morgan fingerprint density at radius 3 is 2.79 bits per heavy atom. The zero-order valence-corrected chi connectivity index (χ0v) is 18.8. The molecule has 0 spiro atoms. The van der Waals surface area contributed by atoms with Gasteiger partial charge >= 0.3 is 0 Å². The maximum absolute atomic E-state index is 13.5. The number of nitrogens with one attached hydrogen (secondary N) is 2.